The van der Waals surface area contributed by atoms with Crippen molar-refractivity contribution in [2.24, 2.45) is 0 Å². The van der Waals surface area contributed by atoms with E-state index in [-0.39, 0.29) is 16.7 Å². The number of nitrogens with zero attached hydrogens (tertiary/aromatic N) is 1. The van der Waals surface area contributed by atoms with Crippen molar-refractivity contribution in [1.29, 1.82) is 0 Å². The van der Waals surface area contributed by atoms with E-state index in [9.17, 15) is 13.2 Å². The number of nitrogens with one attached hydrogen (secondary N) is 1. The van der Waals surface area contributed by atoms with Gasteiger partial charge in [-0.05, 0) is 47.8 Å². The molecule has 1 N–H and O–H groups in total. The lowest BCUT2D eigenvalue weighted by Gasteiger charge is -2.18. The minimum Gasteiger partial charge on any atom is -0.484 e. The summed E-state index contributed by atoms with van der Waals surface area (Å²) in [5.74, 6) is 0.926. The summed E-state index contributed by atoms with van der Waals surface area (Å²) in [6, 6.07) is 17.4. The van der Waals surface area contributed by atoms with Crippen molar-refractivity contribution >= 4 is 50.4 Å². The van der Waals surface area contributed by atoms with Crippen LogP contribution < -0.4 is 14.4 Å². The number of sulfonamides is 1. The van der Waals surface area contributed by atoms with Crippen molar-refractivity contribution < 1.29 is 17.9 Å². The maximum atomic E-state index is 12.6. The van der Waals surface area contributed by atoms with E-state index >= 15 is 0 Å². The van der Waals surface area contributed by atoms with E-state index < -0.39 is 10.0 Å². The van der Waals surface area contributed by atoms with Gasteiger partial charge in [-0.25, -0.2) is 8.42 Å². The van der Waals surface area contributed by atoms with Crippen LogP contribution in [-0.2, 0) is 14.8 Å². The highest BCUT2D eigenvalue weighted by Crippen LogP contribution is 2.28. The van der Waals surface area contributed by atoms with Crippen LogP contribution in [0.2, 0.25) is 0 Å². The molecule has 31 heavy (non-hydrogen) atoms. The second-order valence-electron chi connectivity index (χ2n) is 6.33. The van der Waals surface area contributed by atoms with Crippen molar-refractivity contribution in [3.05, 3.63) is 78.7 Å². The van der Waals surface area contributed by atoms with Crippen molar-refractivity contribution in [3.63, 3.8) is 0 Å². The van der Waals surface area contributed by atoms with Crippen LogP contribution in [0.25, 0.3) is 0 Å². The smallest absolute Gasteiger partial charge is 0.273 e. The van der Waals surface area contributed by atoms with Crippen LogP contribution in [0.5, 0.6) is 5.75 Å². The number of ether oxygens (including phenoxy) is 1. The van der Waals surface area contributed by atoms with Gasteiger partial charge in [0, 0.05) is 17.7 Å². The van der Waals surface area contributed by atoms with Gasteiger partial charge in [-0.3, -0.25) is 9.10 Å². The third kappa shape index (κ3) is 5.90. The molecule has 3 aromatic rings. The molecule has 9 heteroatoms. The first kappa shape index (κ1) is 22.9. The first-order chi connectivity index (χ1) is 14.9. The zero-order chi connectivity index (χ0) is 22.3. The topological polar surface area (TPSA) is 75.7 Å². The van der Waals surface area contributed by atoms with Crippen molar-refractivity contribution in [1.82, 2.24) is 0 Å². The van der Waals surface area contributed by atoms with E-state index in [2.05, 4.69) is 11.9 Å². The van der Waals surface area contributed by atoms with Gasteiger partial charge in [-0.15, -0.1) is 29.7 Å². The highest BCUT2D eigenvalue weighted by atomic mass is 32.2. The van der Waals surface area contributed by atoms with Crippen molar-refractivity contribution in [2.45, 2.75) is 9.10 Å². The number of thioether (sulfide) groups is 1. The minimum atomic E-state index is -3.59. The number of carbonyl (C=O) groups is 1. The Labute approximate surface area is 190 Å². The molecule has 162 valence electrons. The molecule has 0 saturated carbocycles. The summed E-state index contributed by atoms with van der Waals surface area (Å²) in [7, 11) is -2.09. The van der Waals surface area contributed by atoms with E-state index in [0.29, 0.717) is 11.4 Å². The molecule has 0 unspecified atom stereocenters. The van der Waals surface area contributed by atoms with Gasteiger partial charge in [0.1, 0.15) is 9.96 Å². The van der Waals surface area contributed by atoms with Gasteiger partial charge in [-0.1, -0.05) is 24.3 Å². The fourth-order valence-corrected chi connectivity index (χ4v) is 5.72. The molecular weight excluding hydrogens is 452 g/mol. The lowest BCUT2D eigenvalue weighted by molar-refractivity contribution is -0.118. The molecule has 0 aliphatic rings. The normalized spacial score (nSPS) is 11.0. The number of carbonyl (C=O) groups excluding carboxylic acids is 1. The number of benzene rings is 2. The van der Waals surface area contributed by atoms with Crippen LogP contribution in [0.15, 0.2) is 87.8 Å². The molecule has 0 spiro atoms. The Kier molecular flexibility index (Phi) is 7.78. The zero-order valence-electron chi connectivity index (χ0n) is 16.9. The Morgan fingerprint density at radius 1 is 1.16 bits per heavy atom. The van der Waals surface area contributed by atoms with E-state index in [1.807, 2.05) is 24.3 Å². The number of anilines is 2. The molecule has 1 aromatic heterocycles. The fraction of sp³-hybridized carbons (Fsp3) is 0.136. The summed E-state index contributed by atoms with van der Waals surface area (Å²) in [6.45, 7) is 3.54. The van der Waals surface area contributed by atoms with E-state index in [0.717, 1.165) is 16.3 Å². The third-order valence-electron chi connectivity index (χ3n) is 4.20. The first-order valence-electron chi connectivity index (χ1n) is 9.29. The zero-order valence-corrected chi connectivity index (χ0v) is 19.3. The van der Waals surface area contributed by atoms with Crippen LogP contribution in [0.4, 0.5) is 11.4 Å². The van der Waals surface area contributed by atoms with Gasteiger partial charge in [0.2, 0.25) is 0 Å². The molecule has 1 heterocycles. The Balaban J connectivity index is 1.58. The molecule has 0 aliphatic carbocycles. The van der Waals surface area contributed by atoms with Gasteiger partial charge in [-0.2, -0.15) is 0 Å². The van der Waals surface area contributed by atoms with E-state index in [4.69, 9.17) is 4.74 Å². The van der Waals surface area contributed by atoms with Crippen LogP contribution in [0.1, 0.15) is 0 Å². The van der Waals surface area contributed by atoms with Crippen molar-refractivity contribution in [3.8, 4) is 5.75 Å². The number of amides is 1. The first-order valence-corrected chi connectivity index (χ1v) is 12.6. The number of hydrogen-bond acceptors (Lipinski definition) is 6. The van der Waals surface area contributed by atoms with E-state index in [1.54, 1.807) is 59.6 Å². The predicted molar refractivity (Wildman–Crippen MR) is 128 cm³/mol. The monoisotopic (exact) mass is 474 g/mol. The van der Waals surface area contributed by atoms with Gasteiger partial charge in [0.15, 0.2) is 6.61 Å². The SMILES string of the molecule is C=CCSc1ccccc1NC(=O)COc1ccc(N(C)S(=O)(=O)c2cccs2)cc1. The van der Waals surface area contributed by atoms with Gasteiger partial charge in [0.25, 0.3) is 15.9 Å². The molecule has 2 aromatic carbocycles. The molecule has 0 atom stereocenters. The fourth-order valence-electron chi connectivity index (χ4n) is 2.62. The molecule has 1 amide bonds. The van der Waals surface area contributed by atoms with Crippen LogP contribution in [0, 0.1) is 0 Å². The largest absolute Gasteiger partial charge is 0.484 e. The molecule has 0 radical (unpaired) electrons. The Bertz CT molecular complexity index is 1130. The van der Waals surface area contributed by atoms with Crippen LogP contribution in [-0.4, -0.2) is 33.7 Å². The molecule has 3 rings (SSSR count). The van der Waals surface area contributed by atoms with Gasteiger partial charge < -0.3 is 10.1 Å². The maximum absolute atomic E-state index is 12.6. The molecule has 0 saturated heterocycles. The van der Waals surface area contributed by atoms with Gasteiger partial charge >= 0.3 is 0 Å². The summed E-state index contributed by atoms with van der Waals surface area (Å²) in [5, 5.41) is 4.57. The standard InChI is InChI=1S/C22H22N2O4S3/c1-3-14-29-20-8-5-4-7-19(20)23-21(25)16-28-18-12-10-17(11-13-18)24(2)31(26,27)22-9-6-15-30-22/h3-13,15H,1,14,16H2,2H3,(H,23,25). The quantitative estimate of drug-likeness (QED) is 0.335. The summed E-state index contributed by atoms with van der Waals surface area (Å²) < 4.78 is 32.3. The van der Waals surface area contributed by atoms with Crippen LogP contribution >= 0.6 is 23.1 Å². The lowest BCUT2D eigenvalue weighted by Crippen LogP contribution is -2.25. The second-order valence-corrected chi connectivity index (χ2v) is 10.5. The highest BCUT2D eigenvalue weighted by Gasteiger charge is 2.22. The number of rotatable bonds is 10. The molecule has 0 fully saturated rings. The summed E-state index contributed by atoms with van der Waals surface area (Å²) in [5.41, 5.74) is 1.22. The lowest BCUT2D eigenvalue weighted by atomic mass is 10.3. The summed E-state index contributed by atoms with van der Waals surface area (Å²) in [4.78, 5) is 13.3. The van der Waals surface area contributed by atoms with Gasteiger partial charge in [0.05, 0.1) is 11.4 Å². The molecule has 6 nitrogen and oxygen atoms in total. The maximum Gasteiger partial charge on any atom is 0.273 e. The number of thiophene rings is 1. The average molecular weight is 475 g/mol. The Morgan fingerprint density at radius 3 is 2.58 bits per heavy atom. The second kappa shape index (κ2) is 10.5. The van der Waals surface area contributed by atoms with Crippen molar-refractivity contribution in [2.75, 3.05) is 29.0 Å². The summed E-state index contributed by atoms with van der Waals surface area (Å²) in [6.07, 6.45) is 1.80. The molecule has 0 bridgehead atoms. The number of para-hydroxylation sites is 1. The average Bonchev–Trinajstić information content (AvgIpc) is 3.33. The predicted octanol–water partition coefficient (Wildman–Crippen LogP) is 4.87. The number of hydrogen-bond donors (Lipinski definition) is 1. The highest BCUT2D eigenvalue weighted by molar-refractivity contribution is 7.99. The Morgan fingerprint density at radius 2 is 1.90 bits per heavy atom. The van der Waals surface area contributed by atoms with Crippen LogP contribution in [0.3, 0.4) is 0 Å². The molecular formula is C22H22N2O4S3. The minimum absolute atomic E-state index is 0.164. The van der Waals surface area contributed by atoms with E-state index in [1.165, 1.54) is 22.7 Å². The third-order valence-corrected chi connectivity index (χ3v) is 8.43. The summed E-state index contributed by atoms with van der Waals surface area (Å²) >= 11 is 2.75. The Hall–Kier alpha value is -2.75. The molecule has 0 aliphatic heterocycles.